The SMILES string of the molecule is CC/C=C\C/C=C\C/C=C\C/C=C\C/C=C\C/C=C\CCCCCCCCCCCCCCCCC(=O)OC(COC(=O)CCCCCCCCCCCCCCCCCCCCCCCCCCC)COP(=O)([O-])OCC[N+](C)(C)C. The second kappa shape index (κ2) is 63.0. The summed E-state index contributed by atoms with van der Waals surface area (Å²) in [4.78, 5) is 38.1. The maximum Gasteiger partial charge on any atom is 0.306 e. The first kappa shape index (κ1) is 79.5. The van der Waals surface area contributed by atoms with Crippen molar-refractivity contribution in [2.24, 2.45) is 0 Å². The van der Waals surface area contributed by atoms with E-state index in [1.807, 2.05) is 21.1 Å². The van der Waals surface area contributed by atoms with E-state index >= 15 is 0 Å². The number of hydrogen-bond donors (Lipinski definition) is 0. The molecule has 0 saturated heterocycles. The minimum Gasteiger partial charge on any atom is -0.756 e. The van der Waals surface area contributed by atoms with E-state index in [4.69, 9.17) is 18.5 Å². The fourth-order valence-corrected chi connectivity index (χ4v) is 10.7. The zero-order valence-corrected chi connectivity index (χ0v) is 55.3. The number of phosphoric acid groups is 1. The Hall–Kier alpha value is -2.55. The van der Waals surface area contributed by atoms with Crippen molar-refractivity contribution in [3.05, 3.63) is 72.9 Å². The molecule has 10 heteroatoms. The third kappa shape index (κ3) is 66.6. The molecule has 0 N–H and O–H groups in total. The molecule has 9 nitrogen and oxygen atoms in total. The highest BCUT2D eigenvalue weighted by molar-refractivity contribution is 7.45. The summed E-state index contributed by atoms with van der Waals surface area (Å²) in [6.45, 7) is 4.18. The first-order valence-corrected chi connectivity index (χ1v) is 36.1. The fraction of sp³-hybridized carbons (Fsp3) is 0.806. The van der Waals surface area contributed by atoms with Gasteiger partial charge in [-0.15, -0.1) is 0 Å². The summed E-state index contributed by atoms with van der Waals surface area (Å²) in [6, 6.07) is 0. The summed E-state index contributed by atoms with van der Waals surface area (Å²) in [5.41, 5.74) is 0. The van der Waals surface area contributed by atoms with E-state index < -0.39 is 26.5 Å². The number of quaternary nitrogens is 1. The molecule has 0 aliphatic heterocycles. The molecule has 0 rings (SSSR count). The van der Waals surface area contributed by atoms with Crippen LogP contribution in [0.4, 0.5) is 0 Å². The van der Waals surface area contributed by atoms with E-state index in [9.17, 15) is 19.0 Å². The van der Waals surface area contributed by atoms with Crippen LogP contribution in [-0.4, -0.2) is 70.0 Å². The van der Waals surface area contributed by atoms with E-state index in [1.165, 1.54) is 212 Å². The van der Waals surface area contributed by atoms with Gasteiger partial charge >= 0.3 is 11.9 Å². The molecule has 0 bridgehead atoms. The van der Waals surface area contributed by atoms with Crippen LogP contribution < -0.4 is 4.89 Å². The zero-order valence-electron chi connectivity index (χ0n) is 54.4. The lowest BCUT2D eigenvalue weighted by atomic mass is 10.0. The van der Waals surface area contributed by atoms with Crippen LogP contribution in [0.3, 0.4) is 0 Å². The number of nitrogens with zero attached hydrogens (tertiary/aromatic N) is 1. The molecule has 0 aromatic carbocycles. The smallest absolute Gasteiger partial charge is 0.306 e. The van der Waals surface area contributed by atoms with Crippen LogP contribution in [0.2, 0.25) is 0 Å². The Morgan fingerprint density at radius 2 is 0.695 bits per heavy atom. The van der Waals surface area contributed by atoms with E-state index in [1.54, 1.807) is 0 Å². The van der Waals surface area contributed by atoms with E-state index in [-0.39, 0.29) is 32.0 Å². The quantitative estimate of drug-likeness (QED) is 0.0195. The highest BCUT2D eigenvalue weighted by Gasteiger charge is 2.22. The van der Waals surface area contributed by atoms with Gasteiger partial charge in [0, 0.05) is 12.8 Å². The molecule has 0 aliphatic rings. The Morgan fingerprint density at radius 1 is 0.390 bits per heavy atom. The van der Waals surface area contributed by atoms with Crippen LogP contribution in [0.1, 0.15) is 322 Å². The third-order valence-corrected chi connectivity index (χ3v) is 16.2. The fourth-order valence-electron chi connectivity index (χ4n) is 9.96. The molecule has 0 saturated carbocycles. The predicted octanol–water partition coefficient (Wildman–Crippen LogP) is 21.8. The first-order chi connectivity index (χ1) is 40.0. The highest BCUT2D eigenvalue weighted by atomic mass is 31.2. The van der Waals surface area contributed by atoms with Crippen molar-refractivity contribution in [3.8, 4) is 0 Å². The summed E-state index contributed by atoms with van der Waals surface area (Å²) >= 11 is 0. The van der Waals surface area contributed by atoms with Gasteiger partial charge in [-0.3, -0.25) is 14.2 Å². The van der Waals surface area contributed by atoms with Gasteiger partial charge in [-0.1, -0.05) is 318 Å². The van der Waals surface area contributed by atoms with E-state index in [2.05, 4.69) is 86.8 Å². The lowest BCUT2D eigenvalue weighted by Gasteiger charge is -2.28. The molecule has 0 spiro atoms. The minimum atomic E-state index is -4.64. The molecule has 82 heavy (non-hydrogen) atoms. The van der Waals surface area contributed by atoms with E-state index in [0.29, 0.717) is 17.4 Å². The predicted molar refractivity (Wildman–Crippen MR) is 351 cm³/mol. The summed E-state index contributed by atoms with van der Waals surface area (Å²) < 4.78 is 34.3. The topological polar surface area (TPSA) is 111 Å². The molecular weight excluding hydrogens is 1040 g/mol. The van der Waals surface area contributed by atoms with Gasteiger partial charge in [0.2, 0.25) is 0 Å². The number of allylic oxidation sites excluding steroid dienone is 12. The largest absolute Gasteiger partial charge is 0.756 e. The van der Waals surface area contributed by atoms with Crippen LogP contribution in [0.25, 0.3) is 0 Å². The van der Waals surface area contributed by atoms with Crippen molar-refractivity contribution in [1.29, 1.82) is 0 Å². The number of ether oxygens (including phenoxy) is 2. The van der Waals surface area contributed by atoms with Gasteiger partial charge in [0.25, 0.3) is 7.82 Å². The number of carbonyl (C=O) groups is 2. The van der Waals surface area contributed by atoms with Crippen molar-refractivity contribution in [2.75, 3.05) is 47.5 Å². The molecule has 0 radical (unpaired) electrons. The number of phosphoric ester groups is 1. The molecule has 0 heterocycles. The number of unbranched alkanes of at least 4 members (excludes halogenated alkanes) is 38. The lowest BCUT2D eigenvalue weighted by molar-refractivity contribution is -0.870. The Morgan fingerprint density at radius 3 is 1.04 bits per heavy atom. The number of carbonyl (C=O) groups excluding carboxylic acids is 2. The minimum absolute atomic E-state index is 0.0307. The van der Waals surface area contributed by atoms with Crippen LogP contribution in [0.15, 0.2) is 72.9 Å². The number of rotatable bonds is 64. The van der Waals surface area contributed by atoms with Crippen molar-refractivity contribution in [2.45, 2.75) is 328 Å². The average molecular weight is 1170 g/mol. The van der Waals surface area contributed by atoms with Crippen LogP contribution >= 0.6 is 7.82 Å². The first-order valence-electron chi connectivity index (χ1n) is 34.6. The van der Waals surface area contributed by atoms with Crippen LogP contribution in [0.5, 0.6) is 0 Å². The highest BCUT2D eigenvalue weighted by Crippen LogP contribution is 2.38. The summed E-state index contributed by atoms with van der Waals surface area (Å²) in [5, 5.41) is 0. The average Bonchev–Trinajstić information content (AvgIpc) is 3.46. The molecule has 0 aliphatic carbocycles. The Bertz CT molecular complexity index is 1610. The van der Waals surface area contributed by atoms with E-state index in [0.717, 1.165) is 77.0 Å². The Labute approximate surface area is 508 Å². The molecular formula is C72H132NO8P. The molecule has 0 aromatic rings. The summed E-state index contributed by atoms with van der Waals surface area (Å²) in [7, 11) is 1.18. The molecule has 0 aromatic heterocycles. The lowest BCUT2D eigenvalue weighted by Crippen LogP contribution is -2.37. The molecule has 2 unspecified atom stereocenters. The monoisotopic (exact) mass is 1170 g/mol. The molecule has 2 atom stereocenters. The standard InChI is InChI=1S/C72H132NO8P/c1-6-8-10-12-14-16-18-20-22-24-26-28-30-32-33-34-35-36-37-38-39-41-43-45-47-49-51-53-55-57-59-61-63-65-72(75)81-70(69-80-82(76,77)79-67-66-73(3,4)5)68-78-71(74)64-62-60-58-56-54-52-50-48-46-44-42-40-31-29-27-25-23-21-19-17-15-13-11-9-7-2/h8,10,14,16,20,22,26,28,32-33,35-36,70H,6-7,9,11-13,15,17-19,21,23-25,27,29-31,34,37-69H2,1-5H3/b10-8-,16-14-,22-20-,28-26-,33-32-,36-35-. The molecule has 0 fully saturated rings. The molecule has 0 amide bonds. The van der Waals surface area contributed by atoms with Gasteiger partial charge in [0.1, 0.15) is 19.8 Å². The van der Waals surface area contributed by atoms with Gasteiger partial charge in [-0.2, -0.15) is 0 Å². The van der Waals surface area contributed by atoms with Crippen molar-refractivity contribution < 1.29 is 42.1 Å². The van der Waals surface area contributed by atoms with Crippen molar-refractivity contribution in [1.82, 2.24) is 0 Å². The van der Waals surface area contributed by atoms with Crippen molar-refractivity contribution >= 4 is 19.8 Å². The second-order valence-corrected chi connectivity index (χ2v) is 25.9. The van der Waals surface area contributed by atoms with Crippen LogP contribution in [0, 0.1) is 0 Å². The Kier molecular flexibility index (Phi) is 61.0. The second-order valence-electron chi connectivity index (χ2n) is 24.5. The van der Waals surface area contributed by atoms with Gasteiger partial charge in [0.15, 0.2) is 6.10 Å². The maximum absolute atomic E-state index is 12.9. The van der Waals surface area contributed by atoms with Crippen molar-refractivity contribution in [3.63, 3.8) is 0 Å². The number of esters is 2. The maximum atomic E-state index is 12.9. The van der Waals surface area contributed by atoms with Crippen LogP contribution in [-0.2, 0) is 32.7 Å². The number of hydrogen-bond acceptors (Lipinski definition) is 8. The molecule has 478 valence electrons. The normalized spacial score (nSPS) is 13.6. The summed E-state index contributed by atoms with van der Waals surface area (Å²) in [5.74, 6) is -0.819. The van der Waals surface area contributed by atoms with Gasteiger partial charge in [-0.25, -0.2) is 0 Å². The third-order valence-electron chi connectivity index (χ3n) is 15.2. The van der Waals surface area contributed by atoms with Gasteiger partial charge in [-0.05, 0) is 64.2 Å². The Balaban J connectivity index is 4.04. The number of likely N-dealkylation sites (N-methyl/N-ethyl adjacent to an activating group) is 1. The van der Waals surface area contributed by atoms with Gasteiger partial charge in [0.05, 0.1) is 27.7 Å². The zero-order chi connectivity index (χ0) is 59.8. The summed E-state index contributed by atoms with van der Waals surface area (Å²) in [6.07, 6.45) is 84.1. The van der Waals surface area contributed by atoms with Gasteiger partial charge < -0.3 is 27.9 Å².